The zero-order chi connectivity index (χ0) is 24.1. The van der Waals surface area contributed by atoms with Gasteiger partial charge in [0.25, 0.3) is 11.8 Å². The predicted molar refractivity (Wildman–Crippen MR) is 115 cm³/mol. The summed E-state index contributed by atoms with van der Waals surface area (Å²) in [4.78, 5) is 28.0. The Morgan fingerprint density at radius 1 is 1.25 bits per heavy atom. The van der Waals surface area contributed by atoms with Crippen molar-refractivity contribution in [1.29, 1.82) is 5.26 Å². The number of rotatable bonds is 3. The summed E-state index contributed by atoms with van der Waals surface area (Å²) in [6.45, 7) is 0. The van der Waals surface area contributed by atoms with Gasteiger partial charge in [0.2, 0.25) is 0 Å². The van der Waals surface area contributed by atoms with Gasteiger partial charge in [-0.05, 0) is 73.9 Å². The van der Waals surface area contributed by atoms with Gasteiger partial charge in [-0.3, -0.25) is 14.5 Å². The zero-order valence-electron chi connectivity index (χ0n) is 17.8. The van der Waals surface area contributed by atoms with Crippen LogP contribution in [0.3, 0.4) is 0 Å². The average Bonchev–Trinajstić information content (AvgIpc) is 2.98. The van der Waals surface area contributed by atoms with Crippen LogP contribution in [0.4, 0.5) is 24.5 Å². The standard InChI is InChI=1S/C22H17F3N4O2S/c1-27-18(30)13-3-6-15(7-4-13)29-20(32)28(19(31)21(29)9-2-10-21)16-8-5-14(12-26)17(11-16)22(23,24)25/h3-8,11H,2,9-10H2,1H3,(H,27,30)/i3D. The van der Waals surface area contributed by atoms with Gasteiger partial charge in [-0.25, -0.2) is 0 Å². The highest BCUT2D eigenvalue weighted by Crippen LogP contribution is 2.48. The van der Waals surface area contributed by atoms with E-state index in [2.05, 4.69) is 5.32 Å². The van der Waals surface area contributed by atoms with Crippen LogP contribution < -0.4 is 15.1 Å². The molecule has 0 radical (unpaired) electrons. The van der Waals surface area contributed by atoms with Crippen molar-refractivity contribution < 1.29 is 24.1 Å². The van der Waals surface area contributed by atoms with Gasteiger partial charge in [-0.1, -0.05) is 0 Å². The molecule has 2 aromatic carbocycles. The highest BCUT2D eigenvalue weighted by Gasteiger charge is 2.59. The minimum absolute atomic E-state index is 0.0235. The lowest BCUT2D eigenvalue weighted by Gasteiger charge is -2.43. The SMILES string of the molecule is [2H]c1cc(N2C(=S)N(c3ccc(C#N)c(C(F)(F)F)c3)C(=O)C23CCC3)ccc1C(=O)NC. The van der Waals surface area contributed by atoms with E-state index in [0.29, 0.717) is 18.5 Å². The summed E-state index contributed by atoms with van der Waals surface area (Å²) in [5.74, 6) is -0.901. The number of hydrogen-bond acceptors (Lipinski definition) is 4. The maximum atomic E-state index is 13.5. The molecule has 1 saturated carbocycles. The van der Waals surface area contributed by atoms with E-state index in [1.54, 1.807) is 11.0 Å². The average molecular weight is 459 g/mol. The van der Waals surface area contributed by atoms with Gasteiger partial charge in [0.05, 0.1) is 24.3 Å². The second-order valence-electron chi connectivity index (χ2n) is 7.52. The quantitative estimate of drug-likeness (QED) is 0.703. The number of nitriles is 1. The summed E-state index contributed by atoms with van der Waals surface area (Å²) in [6, 6.07) is 8.90. The Bertz CT molecular complexity index is 1240. The van der Waals surface area contributed by atoms with Gasteiger partial charge in [0.15, 0.2) is 5.11 Å². The number of carbonyl (C=O) groups is 2. The fourth-order valence-corrected chi connectivity index (χ4v) is 4.51. The molecule has 2 fully saturated rings. The normalized spacial score (nSPS) is 17.8. The molecule has 1 aliphatic heterocycles. The van der Waals surface area contributed by atoms with Crippen molar-refractivity contribution in [2.24, 2.45) is 0 Å². The molecule has 1 spiro atoms. The van der Waals surface area contributed by atoms with Crippen LogP contribution in [0.1, 0.15) is 42.1 Å². The molecule has 1 N–H and O–H groups in total. The Kier molecular flexibility index (Phi) is 4.86. The summed E-state index contributed by atoms with van der Waals surface area (Å²) < 4.78 is 48.7. The second kappa shape index (κ2) is 7.60. The van der Waals surface area contributed by atoms with E-state index in [9.17, 15) is 22.8 Å². The van der Waals surface area contributed by atoms with Crippen molar-refractivity contribution in [1.82, 2.24) is 5.32 Å². The molecule has 1 heterocycles. The number of nitrogens with zero attached hydrogens (tertiary/aromatic N) is 3. The molecule has 10 heteroatoms. The molecule has 0 unspecified atom stereocenters. The number of alkyl halides is 3. The number of anilines is 2. The summed E-state index contributed by atoms with van der Waals surface area (Å²) in [5, 5.41) is 11.5. The number of carbonyl (C=O) groups excluding carboxylic acids is 2. The molecule has 1 aliphatic carbocycles. The van der Waals surface area contributed by atoms with Gasteiger partial charge >= 0.3 is 6.18 Å². The van der Waals surface area contributed by atoms with Crippen molar-refractivity contribution in [2.75, 3.05) is 16.8 Å². The second-order valence-corrected chi connectivity index (χ2v) is 7.89. The van der Waals surface area contributed by atoms with E-state index in [4.69, 9.17) is 18.9 Å². The van der Waals surface area contributed by atoms with Crippen LogP contribution in [0.2, 0.25) is 0 Å². The van der Waals surface area contributed by atoms with E-state index >= 15 is 0 Å². The lowest BCUT2D eigenvalue weighted by Crippen LogP contribution is -2.55. The number of hydrogen-bond donors (Lipinski definition) is 1. The van der Waals surface area contributed by atoms with E-state index in [1.165, 1.54) is 31.3 Å². The van der Waals surface area contributed by atoms with Crippen LogP contribution in [0.5, 0.6) is 0 Å². The zero-order valence-corrected chi connectivity index (χ0v) is 17.6. The third-order valence-corrected chi connectivity index (χ3v) is 6.17. The van der Waals surface area contributed by atoms with Crippen molar-refractivity contribution >= 4 is 40.5 Å². The fourth-order valence-electron chi connectivity index (χ4n) is 4.04. The largest absolute Gasteiger partial charge is 0.417 e. The molecule has 2 amide bonds. The van der Waals surface area contributed by atoms with Crippen LogP contribution in [-0.2, 0) is 11.0 Å². The Labute approximate surface area is 188 Å². The Morgan fingerprint density at radius 2 is 1.94 bits per heavy atom. The Balaban J connectivity index is 1.80. The number of benzene rings is 2. The Hall–Kier alpha value is -3.45. The third kappa shape index (κ3) is 3.20. The van der Waals surface area contributed by atoms with Crippen molar-refractivity contribution in [3.8, 4) is 6.07 Å². The first-order valence-electron chi connectivity index (χ1n) is 10.2. The maximum Gasteiger partial charge on any atom is 0.417 e. The third-order valence-electron chi connectivity index (χ3n) is 5.81. The number of thiocarbonyl (C=S) groups is 1. The van der Waals surface area contributed by atoms with Gasteiger partial charge in [0, 0.05) is 18.3 Å². The van der Waals surface area contributed by atoms with Crippen LogP contribution in [0.15, 0.2) is 42.4 Å². The van der Waals surface area contributed by atoms with E-state index in [-0.39, 0.29) is 22.4 Å². The van der Waals surface area contributed by atoms with E-state index in [0.717, 1.165) is 23.5 Å². The van der Waals surface area contributed by atoms with Crippen molar-refractivity contribution in [2.45, 2.75) is 31.0 Å². The summed E-state index contributed by atoms with van der Waals surface area (Å²) in [7, 11) is 1.44. The molecule has 2 aliphatic rings. The maximum absolute atomic E-state index is 13.5. The molecule has 0 atom stereocenters. The van der Waals surface area contributed by atoms with Gasteiger partial charge in [0.1, 0.15) is 5.54 Å². The minimum atomic E-state index is -4.78. The molecular formula is C22H17F3N4O2S. The first-order valence-corrected chi connectivity index (χ1v) is 10.1. The van der Waals surface area contributed by atoms with Crippen molar-refractivity contribution in [3.05, 3.63) is 59.1 Å². The first-order chi connectivity index (χ1) is 15.5. The van der Waals surface area contributed by atoms with Crippen LogP contribution in [0.25, 0.3) is 0 Å². The lowest BCUT2D eigenvalue weighted by atomic mass is 9.75. The van der Waals surface area contributed by atoms with Crippen LogP contribution in [-0.4, -0.2) is 29.5 Å². The van der Waals surface area contributed by atoms with Gasteiger partial charge < -0.3 is 10.2 Å². The first kappa shape index (κ1) is 20.5. The Morgan fingerprint density at radius 3 is 2.47 bits per heavy atom. The minimum Gasteiger partial charge on any atom is -0.355 e. The molecule has 164 valence electrons. The molecule has 0 aromatic heterocycles. The molecule has 2 aromatic rings. The topological polar surface area (TPSA) is 76.4 Å². The predicted octanol–water partition coefficient (Wildman–Crippen LogP) is 4.00. The van der Waals surface area contributed by atoms with Crippen LogP contribution in [0, 0.1) is 11.3 Å². The lowest BCUT2D eigenvalue weighted by molar-refractivity contribution is -0.137. The highest BCUT2D eigenvalue weighted by atomic mass is 32.1. The number of nitrogens with one attached hydrogen (secondary N) is 1. The summed E-state index contributed by atoms with van der Waals surface area (Å²) in [5.41, 5.74) is -2.31. The van der Waals surface area contributed by atoms with Gasteiger partial charge in [-0.15, -0.1) is 0 Å². The summed E-state index contributed by atoms with van der Waals surface area (Å²) >= 11 is 5.54. The van der Waals surface area contributed by atoms with E-state index in [1.807, 2.05) is 0 Å². The number of amides is 2. The van der Waals surface area contributed by atoms with Crippen molar-refractivity contribution in [3.63, 3.8) is 0 Å². The monoisotopic (exact) mass is 459 g/mol. The fraction of sp³-hybridized carbons (Fsp3) is 0.273. The number of halogens is 3. The highest BCUT2D eigenvalue weighted by molar-refractivity contribution is 7.81. The molecule has 4 rings (SSSR count). The van der Waals surface area contributed by atoms with Crippen LogP contribution >= 0.6 is 12.2 Å². The molecule has 0 bridgehead atoms. The van der Waals surface area contributed by atoms with E-state index < -0.39 is 34.7 Å². The molecule has 32 heavy (non-hydrogen) atoms. The molecule has 6 nitrogen and oxygen atoms in total. The smallest absolute Gasteiger partial charge is 0.355 e. The van der Waals surface area contributed by atoms with Gasteiger partial charge in [-0.2, -0.15) is 18.4 Å². The summed E-state index contributed by atoms with van der Waals surface area (Å²) in [6.07, 6.45) is -3.18. The molecular weight excluding hydrogens is 441 g/mol. The molecule has 1 saturated heterocycles.